The number of benzene rings is 2. The summed E-state index contributed by atoms with van der Waals surface area (Å²) in [6.07, 6.45) is 1.28. The lowest BCUT2D eigenvalue weighted by molar-refractivity contribution is -0.124. The van der Waals surface area contributed by atoms with Gasteiger partial charge in [0.25, 0.3) is 17.7 Å². The Kier molecular flexibility index (Phi) is 6.39. The number of hydrogen-bond acceptors (Lipinski definition) is 5. The Morgan fingerprint density at radius 2 is 1.73 bits per heavy atom. The van der Waals surface area contributed by atoms with E-state index in [9.17, 15) is 19.2 Å². The maximum absolute atomic E-state index is 12.1. The number of ether oxygens (including phenoxy) is 1. The number of hydrogen-bond donors (Lipinski definition) is 3. The molecular weight excluding hydrogens is 433 g/mol. The molecular formula is C20H15Cl2N3O5. The molecule has 1 fully saturated rings. The molecule has 0 spiro atoms. The van der Waals surface area contributed by atoms with E-state index in [0.717, 1.165) is 5.56 Å². The van der Waals surface area contributed by atoms with Crippen molar-refractivity contribution in [3.05, 3.63) is 63.1 Å². The molecule has 30 heavy (non-hydrogen) atoms. The van der Waals surface area contributed by atoms with Crippen LogP contribution < -0.4 is 20.7 Å². The van der Waals surface area contributed by atoms with E-state index in [-0.39, 0.29) is 23.0 Å². The van der Waals surface area contributed by atoms with Crippen LogP contribution in [0.5, 0.6) is 5.75 Å². The molecule has 0 aliphatic carbocycles. The zero-order valence-corrected chi connectivity index (χ0v) is 17.1. The number of carbonyl (C=O) groups excluding carboxylic acids is 4. The number of anilines is 1. The summed E-state index contributed by atoms with van der Waals surface area (Å²) in [6, 6.07) is 8.76. The van der Waals surface area contributed by atoms with E-state index in [1.165, 1.54) is 18.2 Å². The number of halogens is 2. The number of aryl methyl sites for hydroxylation is 1. The first-order valence-electron chi connectivity index (χ1n) is 8.59. The van der Waals surface area contributed by atoms with Crippen molar-refractivity contribution >= 4 is 58.7 Å². The van der Waals surface area contributed by atoms with Crippen LogP contribution in [0, 0.1) is 6.92 Å². The van der Waals surface area contributed by atoms with Crippen LogP contribution in [0.15, 0.2) is 42.0 Å². The lowest BCUT2D eigenvalue weighted by Crippen LogP contribution is -2.51. The third-order valence-corrected chi connectivity index (χ3v) is 4.73. The highest BCUT2D eigenvalue weighted by Crippen LogP contribution is 2.27. The summed E-state index contributed by atoms with van der Waals surface area (Å²) in [5, 5.41) is 7.32. The Balaban J connectivity index is 1.64. The first kappa shape index (κ1) is 21.4. The van der Waals surface area contributed by atoms with Gasteiger partial charge in [0, 0.05) is 10.7 Å². The number of imide groups is 2. The molecule has 0 saturated carbocycles. The zero-order chi connectivity index (χ0) is 21.8. The molecule has 2 aromatic rings. The van der Waals surface area contributed by atoms with Crippen molar-refractivity contribution in [2.24, 2.45) is 0 Å². The van der Waals surface area contributed by atoms with E-state index in [4.69, 9.17) is 27.9 Å². The molecule has 0 bridgehead atoms. The minimum absolute atomic E-state index is 0.170. The Morgan fingerprint density at radius 1 is 1.03 bits per heavy atom. The lowest BCUT2D eigenvalue weighted by Gasteiger charge is -2.14. The molecule has 154 valence electrons. The van der Waals surface area contributed by atoms with Crippen molar-refractivity contribution in [3.63, 3.8) is 0 Å². The average molecular weight is 448 g/mol. The number of nitrogens with one attached hydrogen (secondary N) is 3. The third-order valence-electron chi connectivity index (χ3n) is 4.02. The molecule has 1 saturated heterocycles. The highest BCUT2D eigenvalue weighted by atomic mass is 35.5. The Bertz CT molecular complexity index is 1080. The summed E-state index contributed by atoms with van der Waals surface area (Å²) >= 11 is 12.2. The average Bonchev–Trinajstić information content (AvgIpc) is 2.67. The Hall–Kier alpha value is -3.36. The van der Waals surface area contributed by atoms with Crippen LogP contribution in [-0.2, 0) is 14.4 Å². The van der Waals surface area contributed by atoms with Gasteiger partial charge in [-0.1, -0.05) is 35.3 Å². The second-order valence-corrected chi connectivity index (χ2v) is 7.10. The van der Waals surface area contributed by atoms with Gasteiger partial charge in [-0.25, -0.2) is 4.79 Å². The number of barbiturate groups is 1. The SMILES string of the molecule is Cc1ccc(NC(=O)COc2ccc(C=C3C(=O)NC(=O)NC3=O)cc2Cl)cc1Cl. The van der Waals surface area contributed by atoms with Crippen molar-refractivity contribution in [3.8, 4) is 5.75 Å². The number of rotatable bonds is 5. The van der Waals surface area contributed by atoms with Crippen molar-refractivity contribution in [1.29, 1.82) is 0 Å². The Labute approximate surface area is 181 Å². The second-order valence-electron chi connectivity index (χ2n) is 6.29. The minimum atomic E-state index is -0.880. The quantitative estimate of drug-likeness (QED) is 0.481. The lowest BCUT2D eigenvalue weighted by atomic mass is 10.1. The predicted octanol–water partition coefficient (Wildman–Crippen LogP) is 3.07. The van der Waals surface area contributed by atoms with E-state index in [0.29, 0.717) is 16.3 Å². The molecule has 10 heteroatoms. The van der Waals surface area contributed by atoms with E-state index in [1.807, 2.05) is 17.6 Å². The molecule has 3 N–H and O–H groups in total. The van der Waals surface area contributed by atoms with Gasteiger partial charge >= 0.3 is 6.03 Å². The van der Waals surface area contributed by atoms with Gasteiger partial charge in [0.2, 0.25) is 0 Å². The molecule has 0 atom stereocenters. The topological polar surface area (TPSA) is 114 Å². The first-order valence-corrected chi connectivity index (χ1v) is 9.35. The minimum Gasteiger partial charge on any atom is -0.482 e. The summed E-state index contributed by atoms with van der Waals surface area (Å²) in [5.74, 6) is -1.79. The largest absolute Gasteiger partial charge is 0.482 e. The second kappa shape index (κ2) is 8.98. The Morgan fingerprint density at radius 3 is 2.37 bits per heavy atom. The molecule has 0 unspecified atom stereocenters. The van der Waals surface area contributed by atoms with Crippen molar-refractivity contribution in [2.75, 3.05) is 11.9 Å². The molecule has 2 aromatic carbocycles. The highest BCUT2D eigenvalue weighted by Gasteiger charge is 2.27. The van der Waals surface area contributed by atoms with Crippen LogP contribution in [0.1, 0.15) is 11.1 Å². The molecule has 1 aliphatic heterocycles. The van der Waals surface area contributed by atoms with Crippen LogP contribution in [0.25, 0.3) is 6.08 Å². The molecule has 0 aromatic heterocycles. The normalized spacial score (nSPS) is 13.4. The van der Waals surface area contributed by atoms with Gasteiger partial charge in [-0.2, -0.15) is 0 Å². The number of amides is 5. The van der Waals surface area contributed by atoms with Crippen molar-refractivity contribution < 1.29 is 23.9 Å². The van der Waals surface area contributed by atoms with Gasteiger partial charge in [0.15, 0.2) is 6.61 Å². The number of urea groups is 1. The smallest absolute Gasteiger partial charge is 0.328 e. The molecule has 8 nitrogen and oxygen atoms in total. The fourth-order valence-electron chi connectivity index (χ4n) is 2.51. The fourth-order valence-corrected chi connectivity index (χ4v) is 2.93. The molecule has 1 heterocycles. The van der Waals surface area contributed by atoms with Gasteiger partial charge < -0.3 is 10.1 Å². The molecule has 1 aliphatic rings. The van der Waals surface area contributed by atoms with E-state index >= 15 is 0 Å². The van der Waals surface area contributed by atoms with Crippen LogP contribution in [0.2, 0.25) is 10.0 Å². The number of carbonyl (C=O) groups is 4. The summed E-state index contributed by atoms with van der Waals surface area (Å²) in [4.78, 5) is 46.7. The van der Waals surface area contributed by atoms with Crippen LogP contribution in [0.3, 0.4) is 0 Å². The monoisotopic (exact) mass is 447 g/mol. The van der Waals surface area contributed by atoms with Gasteiger partial charge in [-0.3, -0.25) is 25.0 Å². The van der Waals surface area contributed by atoms with Gasteiger partial charge in [0.1, 0.15) is 11.3 Å². The van der Waals surface area contributed by atoms with Crippen LogP contribution >= 0.6 is 23.2 Å². The van der Waals surface area contributed by atoms with E-state index < -0.39 is 23.8 Å². The highest BCUT2D eigenvalue weighted by molar-refractivity contribution is 6.33. The van der Waals surface area contributed by atoms with E-state index in [1.54, 1.807) is 24.3 Å². The maximum Gasteiger partial charge on any atom is 0.328 e. The van der Waals surface area contributed by atoms with Crippen molar-refractivity contribution in [1.82, 2.24) is 10.6 Å². The standard InChI is InChI=1S/C20H15Cl2N3O5/c1-10-2-4-12(8-14(10)21)23-17(26)9-30-16-5-3-11(7-15(16)22)6-13-18(27)24-20(29)25-19(13)28/h2-8H,9H2,1H3,(H,23,26)(H2,24,25,27,28,29). The van der Waals surface area contributed by atoms with Crippen molar-refractivity contribution in [2.45, 2.75) is 6.92 Å². The third kappa shape index (κ3) is 5.16. The molecule has 5 amide bonds. The first-order chi connectivity index (χ1) is 14.2. The van der Waals surface area contributed by atoms with Crippen LogP contribution in [-0.4, -0.2) is 30.4 Å². The zero-order valence-electron chi connectivity index (χ0n) is 15.5. The van der Waals surface area contributed by atoms with E-state index in [2.05, 4.69) is 5.32 Å². The fraction of sp³-hybridized carbons (Fsp3) is 0.100. The maximum atomic E-state index is 12.1. The van der Waals surface area contributed by atoms with Gasteiger partial charge in [0.05, 0.1) is 5.02 Å². The van der Waals surface area contributed by atoms with Gasteiger partial charge in [-0.15, -0.1) is 0 Å². The summed E-state index contributed by atoms with van der Waals surface area (Å²) < 4.78 is 5.43. The van der Waals surface area contributed by atoms with Crippen LogP contribution in [0.4, 0.5) is 10.5 Å². The van der Waals surface area contributed by atoms with Gasteiger partial charge in [-0.05, 0) is 48.4 Å². The molecule has 3 rings (SSSR count). The summed E-state index contributed by atoms with van der Waals surface area (Å²) in [5.41, 5.74) is 1.62. The summed E-state index contributed by atoms with van der Waals surface area (Å²) in [7, 11) is 0. The predicted molar refractivity (Wildman–Crippen MR) is 111 cm³/mol. The summed E-state index contributed by atoms with van der Waals surface area (Å²) in [6.45, 7) is 1.56. The molecule has 0 radical (unpaired) electrons.